The zero-order valence-corrected chi connectivity index (χ0v) is 16.9. The van der Waals surface area contributed by atoms with Crippen molar-refractivity contribution < 1.29 is 19.1 Å². The third-order valence-electron chi connectivity index (χ3n) is 3.95. The molecule has 144 valence electrons. The predicted octanol–water partition coefficient (Wildman–Crippen LogP) is 3.34. The van der Waals surface area contributed by atoms with E-state index < -0.39 is 11.8 Å². The summed E-state index contributed by atoms with van der Waals surface area (Å²) in [7, 11) is 1.49. The van der Waals surface area contributed by atoms with Crippen LogP contribution in [-0.4, -0.2) is 41.6 Å². The quantitative estimate of drug-likeness (QED) is 0.324. The van der Waals surface area contributed by atoms with Crippen LogP contribution in [0.25, 0.3) is 6.08 Å². The number of carbonyl (C=O) groups excluding carboxylic acids is 2. The molecule has 0 aliphatic carbocycles. The molecule has 6 nitrogen and oxygen atoms in total. The largest absolute Gasteiger partial charge is 0.493 e. The first-order valence-corrected chi connectivity index (χ1v) is 9.14. The fourth-order valence-corrected chi connectivity index (χ4v) is 2.89. The predicted molar refractivity (Wildman–Crippen MR) is 109 cm³/mol. The summed E-state index contributed by atoms with van der Waals surface area (Å²) in [6, 6.07) is 3.27. The van der Waals surface area contributed by atoms with E-state index in [0.717, 1.165) is 6.42 Å². The van der Waals surface area contributed by atoms with Gasteiger partial charge in [0, 0.05) is 6.54 Å². The van der Waals surface area contributed by atoms with Gasteiger partial charge in [0.1, 0.15) is 5.57 Å². The molecule has 1 aromatic rings. The Hall–Kier alpha value is -2.38. The molecule has 1 aliphatic heterocycles. The van der Waals surface area contributed by atoms with Crippen molar-refractivity contribution >= 4 is 46.8 Å². The van der Waals surface area contributed by atoms with Crippen molar-refractivity contribution in [2.75, 3.05) is 13.7 Å². The second-order valence-electron chi connectivity index (χ2n) is 5.89. The number of benzene rings is 1. The fraction of sp³-hybridized carbons (Fsp3) is 0.316. The number of thiocarbonyl (C=S) groups is 1. The molecule has 0 saturated carbocycles. The monoisotopic (exact) mass is 408 g/mol. The number of hydrogen-bond acceptors (Lipinski definition) is 5. The summed E-state index contributed by atoms with van der Waals surface area (Å²) < 4.78 is 11.2. The van der Waals surface area contributed by atoms with E-state index in [9.17, 15) is 9.59 Å². The number of carbonyl (C=O) groups is 2. The lowest BCUT2D eigenvalue weighted by Gasteiger charge is -2.27. The van der Waals surface area contributed by atoms with Crippen LogP contribution in [0.5, 0.6) is 11.5 Å². The summed E-state index contributed by atoms with van der Waals surface area (Å²) in [5, 5.41) is 2.87. The van der Waals surface area contributed by atoms with Crippen molar-refractivity contribution in [3.63, 3.8) is 0 Å². The van der Waals surface area contributed by atoms with E-state index in [1.165, 1.54) is 24.2 Å². The van der Waals surface area contributed by atoms with E-state index in [4.69, 9.17) is 33.3 Å². The molecule has 1 saturated heterocycles. The van der Waals surface area contributed by atoms with Crippen molar-refractivity contribution in [1.82, 2.24) is 10.2 Å². The van der Waals surface area contributed by atoms with E-state index in [1.54, 1.807) is 12.1 Å². The normalized spacial score (nSPS) is 17.0. The van der Waals surface area contributed by atoms with Crippen molar-refractivity contribution in [3.8, 4) is 11.5 Å². The Bertz CT molecular complexity index is 822. The van der Waals surface area contributed by atoms with Crippen molar-refractivity contribution in [1.29, 1.82) is 0 Å². The zero-order valence-electron chi connectivity index (χ0n) is 15.4. The molecule has 1 fully saturated rings. The van der Waals surface area contributed by atoms with Gasteiger partial charge in [0.25, 0.3) is 11.8 Å². The summed E-state index contributed by atoms with van der Waals surface area (Å²) >= 11 is 11.4. The third kappa shape index (κ3) is 4.67. The van der Waals surface area contributed by atoms with E-state index in [2.05, 4.69) is 11.9 Å². The Morgan fingerprint density at radius 3 is 2.70 bits per heavy atom. The summed E-state index contributed by atoms with van der Waals surface area (Å²) in [4.78, 5) is 26.1. The molecule has 1 N–H and O–H groups in total. The highest BCUT2D eigenvalue weighted by atomic mass is 35.5. The lowest BCUT2D eigenvalue weighted by atomic mass is 10.1. The van der Waals surface area contributed by atoms with Gasteiger partial charge in [-0.25, -0.2) is 0 Å². The number of nitrogens with one attached hydrogen (secondary N) is 1. The van der Waals surface area contributed by atoms with Gasteiger partial charge in [-0.1, -0.05) is 24.6 Å². The van der Waals surface area contributed by atoms with Crippen LogP contribution in [0.3, 0.4) is 0 Å². The van der Waals surface area contributed by atoms with Crippen molar-refractivity contribution in [2.24, 2.45) is 0 Å². The number of amides is 2. The highest BCUT2D eigenvalue weighted by Gasteiger charge is 2.32. The lowest BCUT2D eigenvalue weighted by Crippen LogP contribution is -2.53. The molecule has 0 bridgehead atoms. The van der Waals surface area contributed by atoms with Gasteiger partial charge in [0.05, 0.1) is 18.2 Å². The maximum atomic E-state index is 12.6. The minimum atomic E-state index is -0.569. The summed E-state index contributed by atoms with van der Waals surface area (Å²) in [5.74, 6) is -0.236. The van der Waals surface area contributed by atoms with Crippen LogP contribution >= 0.6 is 23.8 Å². The minimum Gasteiger partial charge on any atom is -0.493 e. The maximum Gasteiger partial charge on any atom is 0.265 e. The first kappa shape index (κ1) is 20.9. The summed E-state index contributed by atoms with van der Waals surface area (Å²) in [6.45, 7) is 7.71. The highest BCUT2D eigenvalue weighted by Crippen LogP contribution is 2.38. The molecule has 2 amide bonds. The standard InChI is InChI=1S/C19H21ClN2O4S/c1-5-7-22-18(24)13(17(23)21-19(22)27)8-12-9-14(20)16(15(10-12)25-4)26-11(3)6-2/h5,8-11H,1,6-7H2,2-4H3,(H,21,23,27)/b13-8-/t11-/m1/s1. The van der Waals surface area contributed by atoms with Gasteiger partial charge in [-0.2, -0.15) is 0 Å². The Labute approximate surface area is 168 Å². The van der Waals surface area contributed by atoms with E-state index in [0.29, 0.717) is 22.1 Å². The van der Waals surface area contributed by atoms with Crippen LogP contribution in [0.4, 0.5) is 0 Å². The summed E-state index contributed by atoms with van der Waals surface area (Å²) in [6.07, 6.45) is 3.73. The minimum absolute atomic E-state index is 0.0419. The zero-order chi connectivity index (χ0) is 20.1. The average molecular weight is 409 g/mol. The van der Waals surface area contributed by atoms with Gasteiger partial charge in [-0.05, 0) is 49.3 Å². The highest BCUT2D eigenvalue weighted by molar-refractivity contribution is 7.80. The number of rotatable bonds is 7. The number of nitrogens with zero attached hydrogens (tertiary/aromatic N) is 1. The van der Waals surface area contributed by atoms with Gasteiger partial charge in [-0.15, -0.1) is 6.58 Å². The molecule has 0 unspecified atom stereocenters. The molecular formula is C19H21ClN2O4S. The molecule has 1 atom stereocenters. The second kappa shape index (κ2) is 9.01. The van der Waals surface area contributed by atoms with E-state index in [1.807, 2.05) is 13.8 Å². The molecule has 27 heavy (non-hydrogen) atoms. The molecule has 2 rings (SSSR count). The Balaban J connectivity index is 2.44. The van der Waals surface area contributed by atoms with Crippen LogP contribution in [0.15, 0.2) is 30.4 Å². The van der Waals surface area contributed by atoms with Gasteiger partial charge in [0.2, 0.25) is 0 Å². The molecule has 0 spiro atoms. The first-order valence-electron chi connectivity index (χ1n) is 8.36. The maximum absolute atomic E-state index is 12.6. The average Bonchev–Trinajstić information content (AvgIpc) is 2.63. The van der Waals surface area contributed by atoms with Crippen LogP contribution in [0, 0.1) is 0 Å². The Kier molecular flexibility index (Phi) is 6.98. The number of hydrogen-bond donors (Lipinski definition) is 1. The SMILES string of the molecule is C=CCN1C(=O)/C(=C\c2cc(Cl)c(O[C@H](C)CC)c(OC)c2)C(=O)NC1=S. The molecular weight excluding hydrogens is 388 g/mol. The Morgan fingerprint density at radius 2 is 2.11 bits per heavy atom. The molecule has 8 heteroatoms. The van der Waals surface area contributed by atoms with Crippen molar-refractivity contribution in [2.45, 2.75) is 26.4 Å². The lowest BCUT2D eigenvalue weighted by molar-refractivity contribution is -0.128. The van der Waals surface area contributed by atoms with E-state index in [-0.39, 0.29) is 23.3 Å². The van der Waals surface area contributed by atoms with Crippen molar-refractivity contribution in [3.05, 3.63) is 40.9 Å². The smallest absolute Gasteiger partial charge is 0.265 e. The number of halogens is 1. The van der Waals surface area contributed by atoms with E-state index >= 15 is 0 Å². The van der Waals surface area contributed by atoms with Crippen LogP contribution in [-0.2, 0) is 9.59 Å². The third-order valence-corrected chi connectivity index (χ3v) is 4.56. The van der Waals surface area contributed by atoms with Crippen LogP contribution in [0.1, 0.15) is 25.8 Å². The van der Waals surface area contributed by atoms with Crippen LogP contribution in [0.2, 0.25) is 5.02 Å². The second-order valence-corrected chi connectivity index (χ2v) is 6.69. The molecule has 1 aliphatic rings. The fourth-order valence-electron chi connectivity index (χ4n) is 2.38. The first-order chi connectivity index (χ1) is 12.8. The molecule has 0 radical (unpaired) electrons. The van der Waals surface area contributed by atoms with Gasteiger partial charge in [-0.3, -0.25) is 19.8 Å². The summed E-state index contributed by atoms with van der Waals surface area (Å²) in [5.41, 5.74) is 0.470. The molecule has 1 aromatic carbocycles. The van der Waals surface area contributed by atoms with Gasteiger partial charge in [0.15, 0.2) is 16.6 Å². The van der Waals surface area contributed by atoms with Crippen LogP contribution < -0.4 is 14.8 Å². The molecule has 1 heterocycles. The Morgan fingerprint density at radius 1 is 1.41 bits per heavy atom. The van der Waals surface area contributed by atoms with Gasteiger partial charge < -0.3 is 9.47 Å². The van der Waals surface area contributed by atoms with Gasteiger partial charge >= 0.3 is 0 Å². The molecule has 0 aromatic heterocycles. The number of ether oxygens (including phenoxy) is 2. The topological polar surface area (TPSA) is 67.9 Å². The number of methoxy groups -OCH3 is 1.